The molecule has 0 N–H and O–H groups in total. The molecule has 2 bridgehead atoms. The lowest BCUT2D eigenvalue weighted by Crippen LogP contribution is -2.13. The third-order valence-corrected chi connectivity index (χ3v) is 5.98. The van der Waals surface area contributed by atoms with Gasteiger partial charge in [0, 0.05) is 12.3 Å². The zero-order valence-corrected chi connectivity index (χ0v) is 11.9. The van der Waals surface area contributed by atoms with Gasteiger partial charge in [0.2, 0.25) is 0 Å². The van der Waals surface area contributed by atoms with Crippen LogP contribution in [0.25, 0.3) is 0 Å². The van der Waals surface area contributed by atoms with Crippen molar-refractivity contribution in [1.29, 1.82) is 0 Å². The number of aryl methyl sites for hydroxylation is 2. The van der Waals surface area contributed by atoms with Crippen molar-refractivity contribution in [2.45, 2.75) is 39.5 Å². The molecule has 1 nitrogen and oxygen atoms in total. The molecular formula is C18H22O. The summed E-state index contributed by atoms with van der Waals surface area (Å²) in [5.74, 6) is 4.35. The fourth-order valence-electron chi connectivity index (χ4n) is 5.05. The van der Waals surface area contributed by atoms with E-state index in [2.05, 4.69) is 32.0 Å². The minimum atomic E-state index is 0.436. The molecule has 0 aliphatic heterocycles. The molecular weight excluding hydrogens is 232 g/mol. The molecule has 4 rings (SSSR count). The second-order valence-electron chi connectivity index (χ2n) is 7.09. The molecule has 0 amide bonds. The van der Waals surface area contributed by atoms with Crippen molar-refractivity contribution in [2.75, 3.05) is 0 Å². The standard InChI is InChI=1S/C18H22O/c1-10-3-4-11(2)14(7-10)9-15(19)18-16-12-5-6-13(8-12)17(16)18/h3-4,7,12-13,16-18H,5-6,8-9H2,1-2H3. The second-order valence-corrected chi connectivity index (χ2v) is 7.09. The van der Waals surface area contributed by atoms with E-state index in [0.29, 0.717) is 18.1 Å². The summed E-state index contributed by atoms with van der Waals surface area (Å²) in [6.07, 6.45) is 4.91. The van der Waals surface area contributed by atoms with Crippen LogP contribution in [0.5, 0.6) is 0 Å². The van der Waals surface area contributed by atoms with Gasteiger partial charge < -0.3 is 0 Å². The van der Waals surface area contributed by atoms with Crippen molar-refractivity contribution in [1.82, 2.24) is 0 Å². The molecule has 0 saturated heterocycles. The molecule has 1 heteroatoms. The molecule has 1 aromatic carbocycles. The highest BCUT2D eigenvalue weighted by atomic mass is 16.1. The number of Topliss-reactive ketones (excluding diaryl/α,β-unsaturated/α-hetero) is 1. The third kappa shape index (κ3) is 1.70. The van der Waals surface area contributed by atoms with E-state index in [1.807, 2.05) is 0 Å². The van der Waals surface area contributed by atoms with Crippen LogP contribution in [0.1, 0.15) is 36.0 Å². The van der Waals surface area contributed by atoms with Gasteiger partial charge in [-0.3, -0.25) is 4.79 Å². The van der Waals surface area contributed by atoms with Gasteiger partial charge in [0.15, 0.2) is 0 Å². The highest BCUT2D eigenvalue weighted by Gasteiger charge is 2.66. The second kappa shape index (κ2) is 3.94. The van der Waals surface area contributed by atoms with Gasteiger partial charge in [0.05, 0.1) is 0 Å². The molecule has 0 aromatic heterocycles. The maximum atomic E-state index is 12.6. The number of carbonyl (C=O) groups excluding carboxylic acids is 1. The minimum absolute atomic E-state index is 0.436. The van der Waals surface area contributed by atoms with Crippen LogP contribution in [0.4, 0.5) is 0 Å². The molecule has 3 fully saturated rings. The van der Waals surface area contributed by atoms with Crippen molar-refractivity contribution in [3.05, 3.63) is 34.9 Å². The van der Waals surface area contributed by atoms with Gasteiger partial charge in [-0.2, -0.15) is 0 Å². The summed E-state index contributed by atoms with van der Waals surface area (Å²) in [5, 5.41) is 0. The highest BCUT2D eigenvalue weighted by molar-refractivity contribution is 5.87. The Bertz CT molecular complexity index is 529. The predicted octanol–water partition coefficient (Wildman–Crippen LogP) is 3.71. The Kier molecular flexibility index (Phi) is 2.43. The number of hydrogen-bond acceptors (Lipinski definition) is 1. The van der Waals surface area contributed by atoms with Crippen molar-refractivity contribution in [2.24, 2.45) is 29.6 Å². The molecule has 4 unspecified atom stereocenters. The van der Waals surface area contributed by atoms with Crippen molar-refractivity contribution in [3.8, 4) is 0 Å². The zero-order chi connectivity index (χ0) is 13.1. The Morgan fingerprint density at radius 3 is 2.53 bits per heavy atom. The van der Waals surface area contributed by atoms with E-state index < -0.39 is 0 Å². The van der Waals surface area contributed by atoms with E-state index in [-0.39, 0.29) is 0 Å². The number of carbonyl (C=O) groups is 1. The monoisotopic (exact) mass is 254 g/mol. The zero-order valence-electron chi connectivity index (χ0n) is 11.9. The first-order valence-electron chi connectivity index (χ1n) is 7.74. The van der Waals surface area contributed by atoms with Gasteiger partial charge in [-0.05, 0) is 67.9 Å². The van der Waals surface area contributed by atoms with Gasteiger partial charge in [0.25, 0.3) is 0 Å². The topological polar surface area (TPSA) is 17.1 Å². The average molecular weight is 254 g/mol. The van der Waals surface area contributed by atoms with Crippen molar-refractivity contribution in [3.63, 3.8) is 0 Å². The van der Waals surface area contributed by atoms with Crippen LogP contribution in [-0.4, -0.2) is 5.78 Å². The summed E-state index contributed by atoms with van der Waals surface area (Å²) in [4.78, 5) is 12.6. The van der Waals surface area contributed by atoms with Crippen LogP contribution < -0.4 is 0 Å². The Morgan fingerprint density at radius 1 is 1.16 bits per heavy atom. The van der Waals surface area contributed by atoms with Crippen LogP contribution in [0.3, 0.4) is 0 Å². The molecule has 3 saturated carbocycles. The predicted molar refractivity (Wildman–Crippen MR) is 75.9 cm³/mol. The molecule has 0 radical (unpaired) electrons. The lowest BCUT2D eigenvalue weighted by atomic mass is 9.94. The molecule has 3 aliphatic carbocycles. The van der Waals surface area contributed by atoms with Crippen LogP contribution in [0.15, 0.2) is 18.2 Å². The molecule has 1 aromatic rings. The summed E-state index contributed by atoms with van der Waals surface area (Å²) in [7, 11) is 0. The normalized spacial score (nSPS) is 38.3. The molecule has 0 heterocycles. The van der Waals surface area contributed by atoms with Gasteiger partial charge in [-0.1, -0.05) is 23.8 Å². The van der Waals surface area contributed by atoms with Crippen LogP contribution in [-0.2, 0) is 11.2 Å². The van der Waals surface area contributed by atoms with E-state index in [1.165, 1.54) is 36.0 Å². The molecule has 4 atom stereocenters. The fourth-order valence-corrected chi connectivity index (χ4v) is 5.05. The van der Waals surface area contributed by atoms with E-state index in [4.69, 9.17) is 0 Å². The quantitative estimate of drug-likeness (QED) is 0.803. The molecule has 100 valence electrons. The van der Waals surface area contributed by atoms with E-state index in [0.717, 1.165) is 23.7 Å². The maximum Gasteiger partial charge on any atom is 0.140 e. The number of ketones is 1. The summed E-state index contributed by atoms with van der Waals surface area (Å²) in [6.45, 7) is 4.24. The summed E-state index contributed by atoms with van der Waals surface area (Å²) in [6, 6.07) is 6.48. The smallest absolute Gasteiger partial charge is 0.140 e. The molecule has 3 aliphatic rings. The first-order valence-corrected chi connectivity index (χ1v) is 7.74. The fraction of sp³-hybridized carbons (Fsp3) is 0.611. The number of hydrogen-bond donors (Lipinski definition) is 0. The maximum absolute atomic E-state index is 12.6. The first kappa shape index (κ1) is 11.7. The lowest BCUT2D eigenvalue weighted by molar-refractivity contribution is -0.120. The van der Waals surface area contributed by atoms with E-state index in [9.17, 15) is 4.79 Å². The lowest BCUT2D eigenvalue weighted by Gasteiger charge is -2.10. The van der Waals surface area contributed by atoms with Gasteiger partial charge in [-0.15, -0.1) is 0 Å². The minimum Gasteiger partial charge on any atom is -0.299 e. The van der Waals surface area contributed by atoms with E-state index >= 15 is 0 Å². The Morgan fingerprint density at radius 2 is 1.84 bits per heavy atom. The number of benzene rings is 1. The van der Waals surface area contributed by atoms with Crippen molar-refractivity contribution >= 4 is 5.78 Å². The highest BCUT2D eigenvalue weighted by Crippen LogP contribution is 2.69. The molecule has 0 spiro atoms. The average Bonchev–Trinajstić information content (AvgIpc) is 2.83. The van der Waals surface area contributed by atoms with Gasteiger partial charge in [0.1, 0.15) is 5.78 Å². The largest absolute Gasteiger partial charge is 0.299 e. The Balaban J connectivity index is 1.50. The summed E-state index contributed by atoms with van der Waals surface area (Å²) in [5.41, 5.74) is 3.79. The summed E-state index contributed by atoms with van der Waals surface area (Å²) < 4.78 is 0. The van der Waals surface area contributed by atoms with Gasteiger partial charge >= 0.3 is 0 Å². The number of fused-ring (bicyclic) bond motifs is 5. The third-order valence-electron chi connectivity index (χ3n) is 5.98. The Hall–Kier alpha value is -1.11. The van der Waals surface area contributed by atoms with Crippen LogP contribution >= 0.6 is 0 Å². The van der Waals surface area contributed by atoms with E-state index in [1.54, 1.807) is 0 Å². The van der Waals surface area contributed by atoms with Crippen LogP contribution in [0, 0.1) is 43.4 Å². The summed E-state index contributed by atoms with van der Waals surface area (Å²) >= 11 is 0. The van der Waals surface area contributed by atoms with Crippen molar-refractivity contribution < 1.29 is 4.79 Å². The number of rotatable bonds is 3. The first-order chi connectivity index (χ1) is 9.15. The SMILES string of the molecule is Cc1ccc(C)c(CC(=O)C2C3C4CCC(C4)C23)c1. The van der Waals surface area contributed by atoms with Crippen LogP contribution in [0.2, 0.25) is 0 Å². The molecule has 19 heavy (non-hydrogen) atoms. The van der Waals surface area contributed by atoms with Gasteiger partial charge in [-0.25, -0.2) is 0 Å². The Labute approximate surface area is 115 Å².